The van der Waals surface area contributed by atoms with Crippen molar-refractivity contribution in [3.05, 3.63) is 27.7 Å². The normalized spacial score (nSPS) is 27.6. The number of rotatable bonds is 2. The summed E-state index contributed by atoms with van der Waals surface area (Å²) in [4.78, 5) is 5.21. The van der Waals surface area contributed by atoms with E-state index < -0.39 is 0 Å². The number of anilines is 1. The highest BCUT2D eigenvalue weighted by atomic mass is 35.5. The Bertz CT molecular complexity index is 497. The van der Waals surface area contributed by atoms with Crippen molar-refractivity contribution >= 4 is 28.9 Å². The molecule has 2 unspecified atom stereocenters. The van der Waals surface area contributed by atoms with Crippen LogP contribution in [0.5, 0.6) is 0 Å². The highest BCUT2D eigenvalue weighted by molar-refractivity contribution is 6.38. The lowest BCUT2D eigenvalue weighted by molar-refractivity contribution is 0.0111. The molecule has 0 amide bonds. The predicted molar refractivity (Wildman–Crippen MR) is 90.0 cm³/mol. The number of fused-ring (bicyclic) bond motifs is 1. The Hall–Kier alpha value is -0.480. The van der Waals surface area contributed by atoms with Crippen molar-refractivity contribution in [1.82, 2.24) is 9.80 Å². The quantitative estimate of drug-likeness (QED) is 0.842. The molecule has 0 saturated carbocycles. The first-order chi connectivity index (χ1) is 10.0. The maximum atomic E-state index is 6.15. The number of benzene rings is 1. The molecule has 1 aromatic rings. The van der Waals surface area contributed by atoms with Gasteiger partial charge in [-0.15, -0.1) is 0 Å². The molecule has 2 aliphatic rings. The van der Waals surface area contributed by atoms with Crippen molar-refractivity contribution in [3.8, 4) is 0 Å². The smallest absolute Gasteiger partial charge is 0.0693 e. The molecule has 0 aliphatic carbocycles. The average molecular weight is 328 g/mol. The van der Waals surface area contributed by atoms with Gasteiger partial charge >= 0.3 is 0 Å². The van der Waals surface area contributed by atoms with Crippen LogP contribution in [-0.2, 0) is 6.54 Å². The third-order valence-corrected chi connectivity index (χ3v) is 5.47. The van der Waals surface area contributed by atoms with Crippen molar-refractivity contribution in [1.29, 1.82) is 0 Å². The summed E-state index contributed by atoms with van der Waals surface area (Å²) in [6.45, 7) is 6.78. The minimum Gasteiger partial charge on any atom is -0.396 e. The van der Waals surface area contributed by atoms with Crippen LogP contribution in [0.4, 0.5) is 5.69 Å². The Kier molecular flexibility index (Phi) is 4.65. The molecule has 2 saturated heterocycles. The minimum atomic E-state index is 0.479. The van der Waals surface area contributed by atoms with Crippen molar-refractivity contribution < 1.29 is 0 Å². The maximum absolute atomic E-state index is 6.15. The van der Waals surface area contributed by atoms with Crippen LogP contribution in [0.1, 0.15) is 31.7 Å². The van der Waals surface area contributed by atoms with Gasteiger partial charge < -0.3 is 5.73 Å². The van der Waals surface area contributed by atoms with Crippen molar-refractivity contribution in [2.45, 2.75) is 44.8 Å². The lowest BCUT2D eigenvalue weighted by Gasteiger charge is -2.47. The number of nitrogens with two attached hydrogens (primary N) is 1. The first-order valence-electron chi connectivity index (χ1n) is 7.76. The molecule has 0 bridgehead atoms. The van der Waals surface area contributed by atoms with E-state index in [1.807, 2.05) is 12.1 Å². The molecule has 2 fully saturated rings. The van der Waals surface area contributed by atoms with E-state index in [4.69, 9.17) is 28.9 Å². The second-order valence-corrected chi connectivity index (χ2v) is 7.21. The Morgan fingerprint density at radius 1 is 1.19 bits per heavy atom. The van der Waals surface area contributed by atoms with Crippen LogP contribution in [0.15, 0.2) is 12.1 Å². The van der Waals surface area contributed by atoms with Crippen LogP contribution in [0.25, 0.3) is 0 Å². The van der Waals surface area contributed by atoms with Gasteiger partial charge in [-0.25, -0.2) is 0 Å². The van der Waals surface area contributed by atoms with Crippen LogP contribution in [-0.4, -0.2) is 41.5 Å². The minimum absolute atomic E-state index is 0.479. The van der Waals surface area contributed by atoms with Gasteiger partial charge in [-0.3, -0.25) is 9.80 Å². The van der Waals surface area contributed by atoms with E-state index in [1.54, 1.807) is 0 Å². The van der Waals surface area contributed by atoms with Crippen LogP contribution in [0.3, 0.4) is 0 Å². The zero-order valence-corrected chi connectivity index (χ0v) is 14.0. The third kappa shape index (κ3) is 3.31. The zero-order chi connectivity index (χ0) is 15.0. The fourth-order valence-corrected chi connectivity index (χ4v) is 4.13. The van der Waals surface area contributed by atoms with Gasteiger partial charge in [0.25, 0.3) is 0 Å². The molecule has 2 heterocycles. The van der Waals surface area contributed by atoms with Crippen molar-refractivity contribution in [2.75, 3.05) is 25.4 Å². The van der Waals surface area contributed by atoms with Crippen molar-refractivity contribution in [3.63, 3.8) is 0 Å². The van der Waals surface area contributed by atoms with Crippen LogP contribution >= 0.6 is 23.2 Å². The number of hydrogen-bond acceptors (Lipinski definition) is 3. The topological polar surface area (TPSA) is 32.5 Å². The number of piperazine rings is 1. The largest absolute Gasteiger partial charge is 0.396 e. The van der Waals surface area contributed by atoms with E-state index >= 15 is 0 Å². The van der Waals surface area contributed by atoms with E-state index in [1.165, 1.54) is 32.4 Å². The van der Waals surface area contributed by atoms with Crippen molar-refractivity contribution in [2.24, 2.45) is 0 Å². The monoisotopic (exact) mass is 327 g/mol. The third-order valence-electron chi connectivity index (χ3n) is 4.84. The maximum Gasteiger partial charge on any atom is 0.0693 e. The fraction of sp³-hybridized carbons (Fsp3) is 0.625. The average Bonchev–Trinajstić information content (AvgIpc) is 2.45. The van der Waals surface area contributed by atoms with Gasteiger partial charge in [0.05, 0.1) is 15.7 Å². The molecule has 1 aromatic carbocycles. The van der Waals surface area contributed by atoms with E-state index in [0.717, 1.165) is 24.7 Å². The fourth-order valence-electron chi connectivity index (χ4n) is 3.60. The van der Waals surface area contributed by atoms with Crippen LogP contribution in [0, 0.1) is 0 Å². The zero-order valence-electron chi connectivity index (χ0n) is 12.5. The van der Waals surface area contributed by atoms with Crippen LogP contribution in [0.2, 0.25) is 10.0 Å². The number of nitrogen functional groups attached to an aromatic ring is 1. The molecular weight excluding hydrogens is 305 g/mol. The van der Waals surface area contributed by atoms with Gasteiger partial charge in [-0.1, -0.05) is 29.6 Å². The van der Waals surface area contributed by atoms with Gasteiger partial charge in [0.1, 0.15) is 0 Å². The molecule has 5 heteroatoms. The summed E-state index contributed by atoms with van der Waals surface area (Å²) in [5, 5.41) is 1.11. The summed E-state index contributed by atoms with van der Waals surface area (Å²) in [6, 6.07) is 5.18. The second-order valence-electron chi connectivity index (χ2n) is 6.40. The second kappa shape index (κ2) is 6.33. The van der Waals surface area contributed by atoms with Gasteiger partial charge in [0, 0.05) is 31.7 Å². The molecule has 0 radical (unpaired) electrons. The number of nitrogens with zero attached hydrogens (tertiary/aromatic N) is 2. The Morgan fingerprint density at radius 2 is 1.90 bits per heavy atom. The molecule has 3 rings (SSSR count). The summed E-state index contributed by atoms with van der Waals surface area (Å²) < 4.78 is 0. The van der Waals surface area contributed by atoms with E-state index in [2.05, 4.69) is 16.7 Å². The molecule has 2 atom stereocenters. The lowest BCUT2D eigenvalue weighted by Crippen LogP contribution is -2.58. The predicted octanol–water partition coefficient (Wildman–Crippen LogP) is 3.63. The Morgan fingerprint density at radius 3 is 2.62 bits per heavy atom. The molecule has 116 valence electrons. The lowest BCUT2D eigenvalue weighted by atomic mass is 9.96. The molecular formula is C16H23Cl2N3. The van der Waals surface area contributed by atoms with Gasteiger partial charge in [0.15, 0.2) is 0 Å². The van der Waals surface area contributed by atoms with E-state index in [-0.39, 0.29) is 0 Å². The van der Waals surface area contributed by atoms with Gasteiger partial charge in [-0.2, -0.15) is 0 Å². The summed E-state index contributed by atoms with van der Waals surface area (Å²) in [5.41, 5.74) is 7.44. The first-order valence-corrected chi connectivity index (χ1v) is 8.51. The molecule has 21 heavy (non-hydrogen) atoms. The molecule has 2 N–H and O–H groups in total. The highest BCUT2D eigenvalue weighted by Crippen LogP contribution is 2.31. The highest BCUT2D eigenvalue weighted by Gasteiger charge is 2.32. The number of piperidine rings is 1. The van der Waals surface area contributed by atoms with E-state index in [0.29, 0.717) is 21.8 Å². The molecule has 0 spiro atoms. The SMILES string of the molecule is CC1CN2CCCCC2CN1Cc1cc(Cl)c(N)c(Cl)c1. The molecule has 3 nitrogen and oxygen atoms in total. The summed E-state index contributed by atoms with van der Waals surface area (Å²) in [5.74, 6) is 0. The number of halogens is 2. The van der Waals surface area contributed by atoms with Gasteiger partial charge in [0.2, 0.25) is 0 Å². The van der Waals surface area contributed by atoms with Gasteiger partial charge in [-0.05, 0) is 44.0 Å². The standard InChI is InChI=1S/C16H23Cl2N3/c1-11-8-20-5-3-2-4-13(20)10-21(11)9-12-6-14(17)16(19)15(18)7-12/h6-7,11,13H,2-5,8-10,19H2,1H3. The van der Waals surface area contributed by atoms with E-state index in [9.17, 15) is 0 Å². The Balaban J connectivity index is 1.72. The Labute approximate surface area is 137 Å². The molecule has 0 aromatic heterocycles. The number of hydrogen-bond donors (Lipinski definition) is 1. The summed E-state index contributed by atoms with van der Waals surface area (Å²) >= 11 is 12.3. The first kappa shape index (κ1) is 15.4. The molecule has 2 aliphatic heterocycles. The summed E-state index contributed by atoms with van der Waals surface area (Å²) in [6.07, 6.45) is 4.04. The van der Waals surface area contributed by atoms with Crippen LogP contribution < -0.4 is 5.73 Å². The summed E-state index contributed by atoms with van der Waals surface area (Å²) in [7, 11) is 0.